The fourth-order valence-electron chi connectivity index (χ4n) is 3.12. The van der Waals surface area contributed by atoms with Crippen LogP contribution in [0.3, 0.4) is 0 Å². The first-order valence-electron chi connectivity index (χ1n) is 7.10. The van der Waals surface area contributed by atoms with Gasteiger partial charge in [0.05, 0.1) is 0 Å². The minimum absolute atomic E-state index is 0.00259. The van der Waals surface area contributed by atoms with E-state index in [0.717, 1.165) is 25.6 Å². The second kappa shape index (κ2) is 6.73. The van der Waals surface area contributed by atoms with E-state index in [9.17, 15) is 14.9 Å². The van der Waals surface area contributed by atoms with E-state index in [-0.39, 0.29) is 12.8 Å². The van der Waals surface area contributed by atoms with Gasteiger partial charge in [0.2, 0.25) is 0 Å². The van der Waals surface area contributed by atoms with Crippen LogP contribution >= 0.6 is 0 Å². The Morgan fingerprint density at radius 1 is 1.47 bits per heavy atom. The van der Waals surface area contributed by atoms with E-state index in [1.54, 1.807) is 6.82 Å². The molecule has 0 spiro atoms. The molecule has 110 valence electrons. The van der Waals surface area contributed by atoms with Crippen molar-refractivity contribution in [1.29, 1.82) is 0 Å². The first-order chi connectivity index (χ1) is 8.75. The van der Waals surface area contributed by atoms with Crippen molar-refractivity contribution in [2.75, 3.05) is 20.6 Å². The average molecular weight is 270 g/mol. The quantitative estimate of drug-likeness (QED) is 0.620. The molecule has 0 aromatic rings. The normalized spacial score (nSPS) is 31.5. The predicted octanol–water partition coefficient (Wildman–Crippen LogP) is 0.750. The fourth-order valence-corrected chi connectivity index (χ4v) is 3.12. The van der Waals surface area contributed by atoms with Gasteiger partial charge in [-0.25, -0.2) is 0 Å². The minimum Gasteiger partial charge on any atom is -0.480 e. The molecule has 19 heavy (non-hydrogen) atoms. The molecule has 1 rings (SSSR count). The molecule has 0 saturated heterocycles. The lowest BCUT2D eigenvalue weighted by atomic mass is 9.62. The molecule has 1 aliphatic carbocycles. The Bertz CT molecular complexity index is 312. The van der Waals surface area contributed by atoms with E-state index in [2.05, 4.69) is 0 Å². The Labute approximate surface area is 116 Å². The molecule has 4 N–H and O–H groups in total. The highest BCUT2D eigenvalue weighted by atomic mass is 16.4. The van der Waals surface area contributed by atoms with Crippen LogP contribution in [0.25, 0.3) is 0 Å². The third-order valence-corrected chi connectivity index (χ3v) is 4.25. The van der Waals surface area contributed by atoms with Crippen LogP contribution in [0.5, 0.6) is 0 Å². The summed E-state index contributed by atoms with van der Waals surface area (Å²) < 4.78 is 0. The molecule has 3 atom stereocenters. The highest BCUT2D eigenvalue weighted by Crippen LogP contribution is 2.38. The molecule has 0 aromatic heterocycles. The third kappa shape index (κ3) is 4.47. The van der Waals surface area contributed by atoms with Crippen LogP contribution in [0.2, 0.25) is 13.1 Å². The van der Waals surface area contributed by atoms with E-state index in [4.69, 9.17) is 5.73 Å². The summed E-state index contributed by atoms with van der Waals surface area (Å²) in [6.07, 6.45) is 3.97. The second-order valence-electron chi connectivity index (χ2n) is 6.38. The summed E-state index contributed by atoms with van der Waals surface area (Å²) in [5, 5.41) is 18.8. The molecule has 0 aliphatic heterocycles. The van der Waals surface area contributed by atoms with Gasteiger partial charge in [-0.2, -0.15) is 0 Å². The van der Waals surface area contributed by atoms with Gasteiger partial charge in [-0.15, -0.1) is 0 Å². The molecule has 0 heterocycles. The summed E-state index contributed by atoms with van der Waals surface area (Å²) in [6.45, 7) is 2.16. The smallest absolute Gasteiger partial charge is 0.324 e. The molecule has 3 unspecified atom stereocenters. The van der Waals surface area contributed by atoms with Gasteiger partial charge in [0.25, 0.3) is 6.92 Å². The van der Waals surface area contributed by atoms with Gasteiger partial charge in [0.15, 0.2) is 0 Å². The lowest BCUT2D eigenvalue weighted by molar-refractivity contribution is -0.148. The van der Waals surface area contributed by atoms with Crippen LogP contribution in [-0.2, 0) is 4.79 Å². The van der Waals surface area contributed by atoms with Gasteiger partial charge >= 0.3 is 5.97 Å². The first kappa shape index (κ1) is 16.5. The summed E-state index contributed by atoms with van der Waals surface area (Å²) in [5.41, 5.74) is 5.08. The highest BCUT2D eigenvalue weighted by Gasteiger charge is 2.46. The second-order valence-corrected chi connectivity index (χ2v) is 6.38. The third-order valence-electron chi connectivity index (χ3n) is 4.25. The van der Waals surface area contributed by atoms with Crippen LogP contribution in [0.15, 0.2) is 0 Å². The largest absolute Gasteiger partial charge is 0.480 e. The van der Waals surface area contributed by atoms with E-state index in [1.807, 2.05) is 19.0 Å². The molecule has 6 heteroatoms. The number of carboxylic acids is 1. The van der Waals surface area contributed by atoms with Crippen molar-refractivity contribution in [1.82, 2.24) is 4.90 Å². The molecule has 0 bridgehead atoms. The molecule has 0 amide bonds. The van der Waals surface area contributed by atoms with Crippen molar-refractivity contribution in [3.05, 3.63) is 0 Å². The van der Waals surface area contributed by atoms with E-state index in [0.29, 0.717) is 18.9 Å². The number of carboxylic acid groups (broad SMARTS) is 1. The van der Waals surface area contributed by atoms with Crippen LogP contribution in [0.1, 0.15) is 25.7 Å². The summed E-state index contributed by atoms with van der Waals surface area (Å²) >= 11 is 0. The van der Waals surface area contributed by atoms with Crippen molar-refractivity contribution in [2.24, 2.45) is 17.6 Å². The van der Waals surface area contributed by atoms with Gasteiger partial charge in [-0.3, -0.25) is 4.79 Å². The standard InChI is InChI=1S/C13H27BN2O3/c1-14(19)7-6-10-4-5-11(9-16(2)3)13(15,8-10)12(17)18/h10-11,19H,4-9,15H2,1-3H3,(H,17,18). The maximum Gasteiger partial charge on any atom is 0.324 e. The summed E-state index contributed by atoms with van der Waals surface area (Å²) in [5.74, 6) is -0.571. The Morgan fingerprint density at radius 3 is 2.58 bits per heavy atom. The Morgan fingerprint density at radius 2 is 2.11 bits per heavy atom. The molecule has 1 fully saturated rings. The maximum absolute atomic E-state index is 11.6. The van der Waals surface area contributed by atoms with Crippen LogP contribution in [0, 0.1) is 11.8 Å². The van der Waals surface area contributed by atoms with Crippen molar-refractivity contribution < 1.29 is 14.9 Å². The van der Waals surface area contributed by atoms with Crippen LogP contribution in [-0.4, -0.2) is 54.1 Å². The van der Waals surface area contributed by atoms with Gasteiger partial charge in [-0.1, -0.05) is 13.2 Å². The lowest BCUT2D eigenvalue weighted by Gasteiger charge is -2.42. The monoisotopic (exact) mass is 270 g/mol. The number of nitrogens with zero attached hydrogens (tertiary/aromatic N) is 1. The SMILES string of the molecule is CB(O)CCC1CCC(CN(C)C)C(N)(C(=O)O)C1. The molecular formula is C13H27BN2O3. The highest BCUT2D eigenvalue weighted by molar-refractivity contribution is 6.48. The summed E-state index contributed by atoms with van der Waals surface area (Å²) in [6, 6.07) is 0. The molecule has 1 aliphatic rings. The van der Waals surface area contributed by atoms with Gasteiger partial charge in [-0.05, 0) is 45.6 Å². The number of rotatable bonds is 6. The van der Waals surface area contributed by atoms with Crippen molar-refractivity contribution in [3.8, 4) is 0 Å². The molecule has 0 aromatic carbocycles. The zero-order valence-corrected chi connectivity index (χ0v) is 12.3. The fraction of sp³-hybridized carbons (Fsp3) is 0.923. The number of hydrogen-bond acceptors (Lipinski definition) is 4. The van der Waals surface area contributed by atoms with E-state index >= 15 is 0 Å². The average Bonchev–Trinajstić information content (AvgIpc) is 2.29. The van der Waals surface area contributed by atoms with Crippen LogP contribution < -0.4 is 5.73 Å². The number of carbonyl (C=O) groups is 1. The Hall–Kier alpha value is -0.585. The zero-order chi connectivity index (χ0) is 14.6. The summed E-state index contributed by atoms with van der Waals surface area (Å²) in [4.78, 5) is 13.6. The number of nitrogens with two attached hydrogens (primary N) is 1. The lowest BCUT2D eigenvalue weighted by Crippen LogP contribution is -2.59. The summed E-state index contributed by atoms with van der Waals surface area (Å²) in [7, 11) is 3.89. The maximum atomic E-state index is 11.6. The molecule has 1 saturated carbocycles. The topological polar surface area (TPSA) is 86.8 Å². The minimum atomic E-state index is -1.12. The van der Waals surface area contributed by atoms with Crippen molar-refractivity contribution >= 4 is 12.9 Å². The zero-order valence-electron chi connectivity index (χ0n) is 12.3. The Kier molecular flexibility index (Phi) is 5.83. The van der Waals surface area contributed by atoms with Gasteiger partial charge in [0.1, 0.15) is 5.54 Å². The molecular weight excluding hydrogens is 243 g/mol. The van der Waals surface area contributed by atoms with E-state index < -0.39 is 11.5 Å². The van der Waals surface area contributed by atoms with Crippen LogP contribution in [0.4, 0.5) is 0 Å². The van der Waals surface area contributed by atoms with Crippen molar-refractivity contribution in [2.45, 2.75) is 44.4 Å². The Balaban J connectivity index is 2.69. The van der Waals surface area contributed by atoms with Gasteiger partial charge < -0.3 is 20.8 Å². The number of hydrogen-bond donors (Lipinski definition) is 3. The van der Waals surface area contributed by atoms with Crippen molar-refractivity contribution in [3.63, 3.8) is 0 Å². The number of aliphatic carboxylic acids is 1. The predicted molar refractivity (Wildman–Crippen MR) is 77.2 cm³/mol. The molecule has 5 nitrogen and oxygen atoms in total. The van der Waals surface area contributed by atoms with Gasteiger partial charge in [0, 0.05) is 12.5 Å². The first-order valence-corrected chi connectivity index (χ1v) is 7.10. The van der Waals surface area contributed by atoms with E-state index in [1.165, 1.54) is 0 Å². The molecule has 0 radical (unpaired) electrons.